The number of hydrazone groups is 1. The van der Waals surface area contributed by atoms with Gasteiger partial charge in [-0.2, -0.15) is 5.10 Å². The fraction of sp³-hybridized carbons (Fsp3) is 0.895. The van der Waals surface area contributed by atoms with E-state index in [1.54, 1.807) is 6.21 Å². The lowest BCUT2D eigenvalue weighted by Crippen LogP contribution is -2.43. The van der Waals surface area contributed by atoms with Crippen LogP contribution in [0.15, 0.2) is 10.1 Å². The summed E-state index contributed by atoms with van der Waals surface area (Å²) in [4.78, 5) is 8.52. The van der Waals surface area contributed by atoms with Gasteiger partial charge >= 0.3 is 0 Å². The highest BCUT2D eigenvalue weighted by molar-refractivity contribution is 7.91. The van der Waals surface area contributed by atoms with Gasteiger partial charge in [-0.25, -0.2) is 8.42 Å². The standard InChI is InChI=1S/C19H39N5O5S/c1-3-5-23(2)6-10-28-12-14-29-13-11-27-9-4-21-17-19(22-20)18-24-7-15-30(25,26)16-8-24/h17H,3-16,18,20H2,1-2H3. The number of sulfone groups is 1. The monoisotopic (exact) mass is 449 g/mol. The molecule has 0 unspecified atom stereocenters. The quantitative estimate of drug-likeness (QED) is 0.137. The largest absolute Gasteiger partial charge is 0.378 e. The molecule has 0 aliphatic carbocycles. The Balaban J connectivity index is 1.94. The van der Waals surface area contributed by atoms with Crippen LogP contribution in [-0.2, 0) is 24.0 Å². The van der Waals surface area contributed by atoms with Gasteiger partial charge in [-0.05, 0) is 20.0 Å². The summed E-state index contributed by atoms with van der Waals surface area (Å²) in [5.74, 6) is 5.76. The van der Waals surface area contributed by atoms with Crippen LogP contribution in [0.2, 0.25) is 0 Å². The molecule has 2 N–H and O–H groups in total. The SMILES string of the molecule is CCCN(C)CCOCCOCCOCCN=CC(CN1CCS(=O)(=O)CC1)=NN. The maximum atomic E-state index is 11.5. The van der Waals surface area contributed by atoms with Crippen LogP contribution in [0.5, 0.6) is 0 Å². The van der Waals surface area contributed by atoms with Gasteiger partial charge in [0.15, 0.2) is 9.84 Å². The van der Waals surface area contributed by atoms with E-state index in [0.717, 1.165) is 26.1 Å². The minimum absolute atomic E-state index is 0.181. The molecule has 0 saturated carbocycles. The molecule has 10 nitrogen and oxygen atoms in total. The molecule has 30 heavy (non-hydrogen) atoms. The fourth-order valence-electron chi connectivity index (χ4n) is 2.80. The first-order chi connectivity index (χ1) is 14.5. The van der Waals surface area contributed by atoms with E-state index in [9.17, 15) is 8.42 Å². The minimum atomic E-state index is -2.89. The predicted molar refractivity (Wildman–Crippen MR) is 120 cm³/mol. The van der Waals surface area contributed by atoms with E-state index >= 15 is 0 Å². The van der Waals surface area contributed by atoms with E-state index in [-0.39, 0.29) is 11.5 Å². The summed E-state index contributed by atoms with van der Waals surface area (Å²) < 4.78 is 39.4. The van der Waals surface area contributed by atoms with Crippen LogP contribution in [0.4, 0.5) is 0 Å². The molecule has 0 aromatic rings. The molecule has 1 aliphatic heterocycles. The highest BCUT2D eigenvalue weighted by Crippen LogP contribution is 2.03. The summed E-state index contributed by atoms with van der Waals surface area (Å²) in [6.07, 6.45) is 2.78. The van der Waals surface area contributed by atoms with Gasteiger partial charge < -0.3 is 25.0 Å². The van der Waals surface area contributed by atoms with Crippen LogP contribution in [0.25, 0.3) is 0 Å². The number of aliphatic imine (C=N–C) groups is 1. The van der Waals surface area contributed by atoms with Crippen molar-refractivity contribution in [2.24, 2.45) is 15.9 Å². The first kappa shape index (κ1) is 26.9. The molecular formula is C19H39N5O5S. The third kappa shape index (κ3) is 14.0. The number of rotatable bonds is 17. The molecule has 1 aliphatic rings. The van der Waals surface area contributed by atoms with Crippen LogP contribution in [-0.4, -0.2) is 128 Å². The Hall–Kier alpha value is -1.11. The predicted octanol–water partition coefficient (Wildman–Crippen LogP) is -0.506. The van der Waals surface area contributed by atoms with E-state index < -0.39 is 9.84 Å². The Morgan fingerprint density at radius 1 is 1.03 bits per heavy atom. The molecule has 1 rings (SSSR count). The second-order valence-electron chi connectivity index (χ2n) is 7.22. The van der Waals surface area contributed by atoms with Gasteiger partial charge in [0, 0.05) is 32.4 Å². The van der Waals surface area contributed by atoms with Crippen LogP contribution in [0.3, 0.4) is 0 Å². The summed E-state index contributed by atoms with van der Waals surface area (Å²) in [5, 5.41) is 3.73. The summed E-state index contributed by atoms with van der Waals surface area (Å²) in [5.41, 5.74) is 0.624. The zero-order chi connectivity index (χ0) is 22.1. The van der Waals surface area contributed by atoms with Crippen molar-refractivity contribution in [3.05, 3.63) is 0 Å². The topological polar surface area (TPSA) is 119 Å². The number of ether oxygens (including phenoxy) is 3. The van der Waals surface area contributed by atoms with Crippen LogP contribution in [0, 0.1) is 0 Å². The van der Waals surface area contributed by atoms with Gasteiger partial charge in [0.05, 0.1) is 63.4 Å². The van der Waals surface area contributed by atoms with Gasteiger partial charge in [0.25, 0.3) is 0 Å². The van der Waals surface area contributed by atoms with E-state index in [2.05, 4.69) is 29.0 Å². The Kier molecular flexibility index (Phi) is 14.9. The number of likely N-dealkylation sites (N-methyl/N-ethyl adjacent to an activating group) is 1. The molecule has 11 heteroatoms. The van der Waals surface area contributed by atoms with Gasteiger partial charge in [-0.3, -0.25) is 9.89 Å². The summed E-state index contributed by atoms with van der Waals surface area (Å²) in [7, 11) is -0.791. The van der Waals surface area contributed by atoms with Crippen LogP contribution < -0.4 is 5.84 Å². The van der Waals surface area contributed by atoms with Crippen LogP contribution in [0.1, 0.15) is 13.3 Å². The molecule has 0 aromatic carbocycles. The third-order valence-electron chi connectivity index (χ3n) is 4.56. The van der Waals surface area contributed by atoms with Crippen LogP contribution >= 0.6 is 0 Å². The van der Waals surface area contributed by atoms with E-state index in [4.69, 9.17) is 20.1 Å². The Labute approximate surface area is 181 Å². The normalized spacial score (nSPS) is 17.9. The summed E-state index contributed by atoms with van der Waals surface area (Å²) in [6, 6.07) is 0. The van der Waals surface area contributed by atoms with Crippen molar-refractivity contribution in [2.75, 3.05) is 97.5 Å². The third-order valence-corrected chi connectivity index (χ3v) is 6.17. The molecular weight excluding hydrogens is 410 g/mol. The number of nitrogens with two attached hydrogens (primary N) is 1. The molecule has 1 heterocycles. The molecule has 0 amide bonds. The number of hydrogen-bond donors (Lipinski definition) is 1. The average molecular weight is 450 g/mol. The first-order valence-corrected chi connectivity index (χ1v) is 12.4. The summed E-state index contributed by atoms with van der Waals surface area (Å²) >= 11 is 0. The van der Waals surface area contributed by atoms with E-state index in [0.29, 0.717) is 64.9 Å². The van der Waals surface area contributed by atoms with Crippen molar-refractivity contribution < 1.29 is 22.6 Å². The van der Waals surface area contributed by atoms with E-state index in [1.165, 1.54) is 0 Å². The summed E-state index contributed by atoms with van der Waals surface area (Å²) in [6.45, 7) is 9.59. The minimum Gasteiger partial charge on any atom is -0.378 e. The lowest BCUT2D eigenvalue weighted by molar-refractivity contribution is 0.0129. The second kappa shape index (κ2) is 16.6. The highest BCUT2D eigenvalue weighted by Gasteiger charge is 2.21. The van der Waals surface area contributed by atoms with Crippen molar-refractivity contribution >= 4 is 21.8 Å². The maximum Gasteiger partial charge on any atom is 0.152 e. The van der Waals surface area contributed by atoms with Crippen molar-refractivity contribution in [3.8, 4) is 0 Å². The average Bonchev–Trinajstić information content (AvgIpc) is 2.72. The van der Waals surface area contributed by atoms with Crippen molar-refractivity contribution in [2.45, 2.75) is 13.3 Å². The lowest BCUT2D eigenvalue weighted by atomic mass is 10.3. The molecule has 0 atom stereocenters. The Bertz CT molecular complexity index is 586. The van der Waals surface area contributed by atoms with Crippen molar-refractivity contribution in [1.82, 2.24) is 9.80 Å². The van der Waals surface area contributed by atoms with Crippen molar-refractivity contribution in [1.29, 1.82) is 0 Å². The number of hydrogen-bond acceptors (Lipinski definition) is 10. The van der Waals surface area contributed by atoms with Gasteiger partial charge in [0.2, 0.25) is 0 Å². The van der Waals surface area contributed by atoms with E-state index in [1.807, 2.05) is 4.90 Å². The second-order valence-corrected chi connectivity index (χ2v) is 9.53. The molecule has 0 aromatic heterocycles. The van der Waals surface area contributed by atoms with Crippen molar-refractivity contribution in [3.63, 3.8) is 0 Å². The molecule has 0 bridgehead atoms. The first-order valence-electron chi connectivity index (χ1n) is 10.6. The maximum absolute atomic E-state index is 11.5. The molecule has 176 valence electrons. The lowest BCUT2D eigenvalue weighted by Gasteiger charge is -2.25. The fourth-order valence-corrected chi connectivity index (χ4v) is 4.07. The highest BCUT2D eigenvalue weighted by atomic mass is 32.2. The van der Waals surface area contributed by atoms with Gasteiger partial charge in [-0.1, -0.05) is 6.92 Å². The van der Waals surface area contributed by atoms with Gasteiger partial charge in [-0.15, -0.1) is 0 Å². The number of nitrogens with zero attached hydrogens (tertiary/aromatic N) is 4. The molecule has 1 saturated heterocycles. The Morgan fingerprint density at radius 3 is 2.23 bits per heavy atom. The zero-order valence-corrected chi connectivity index (χ0v) is 19.3. The molecule has 0 radical (unpaired) electrons. The Morgan fingerprint density at radius 2 is 1.63 bits per heavy atom. The molecule has 1 fully saturated rings. The van der Waals surface area contributed by atoms with Gasteiger partial charge in [0.1, 0.15) is 0 Å². The zero-order valence-electron chi connectivity index (χ0n) is 18.5. The smallest absolute Gasteiger partial charge is 0.152 e. The molecule has 0 spiro atoms.